The molecule has 132 valence electrons. The first-order valence-electron chi connectivity index (χ1n) is 7.96. The van der Waals surface area contributed by atoms with Crippen molar-refractivity contribution in [3.8, 4) is 11.5 Å². The summed E-state index contributed by atoms with van der Waals surface area (Å²) in [5.74, 6) is -0.0652. The largest absolute Gasteiger partial charge is 0.493 e. The normalized spacial score (nSPS) is 10.0. The molecule has 0 aliphatic heterocycles. The number of carbonyl (C=O) groups is 2. The minimum absolute atomic E-state index is 0.220. The van der Waals surface area contributed by atoms with E-state index in [1.807, 2.05) is 25.1 Å². The number of methoxy groups -OCH3 is 2. The Balaban J connectivity index is 2.03. The van der Waals surface area contributed by atoms with Gasteiger partial charge in [-0.25, -0.2) is 0 Å². The molecule has 6 nitrogen and oxygen atoms in total. The Morgan fingerprint density at radius 2 is 1.68 bits per heavy atom. The van der Waals surface area contributed by atoms with Crippen LogP contribution in [-0.4, -0.2) is 32.6 Å². The van der Waals surface area contributed by atoms with Crippen LogP contribution >= 0.6 is 0 Å². The maximum atomic E-state index is 12.4. The number of rotatable bonds is 6. The van der Waals surface area contributed by atoms with Crippen LogP contribution in [0.25, 0.3) is 0 Å². The van der Waals surface area contributed by atoms with Gasteiger partial charge in [0, 0.05) is 18.8 Å². The second-order valence-corrected chi connectivity index (χ2v) is 5.26. The highest BCUT2D eigenvalue weighted by molar-refractivity contribution is 6.40. The molecule has 0 saturated heterocycles. The van der Waals surface area contributed by atoms with Crippen molar-refractivity contribution < 1.29 is 19.1 Å². The number of benzene rings is 2. The summed E-state index contributed by atoms with van der Waals surface area (Å²) in [6, 6.07) is 14.4. The highest BCUT2D eigenvalue weighted by Gasteiger charge is 2.21. The molecule has 25 heavy (non-hydrogen) atoms. The van der Waals surface area contributed by atoms with Gasteiger partial charge in [-0.05, 0) is 36.8 Å². The van der Waals surface area contributed by atoms with Gasteiger partial charge < -0.3 is 19.7 Å². The van der Waals surface area contributed by atoms with E-state index in [0.29, 0.717) is 23.7 Å². The average molecular weight is 342 g/mol. The maximum absolute atomic E-state index is 12.4. The van der Waals surface area contributed by atoms with Crippen molar-refractivity contribution in [3.63, 3.8) is 0 Å². The number of hydrogen-bond donors (Lipinski definition) is 1. The smallest absolute Gasteiger partial charge is 0.316 e. The summed E-state index contributed by atoms with van der Waals surface area (Å²) >= 11 is 0. The monoisotopic (exact) mass is 342 g/mol. The predicted octanol–water partition coefficient (Wildman–Crippen LogP) is 2.37. The van der Waals surface area contributed by atoms with Crippen molar-refractivity contribution in [2.75, 3.05) is 25.7 Å². The summed E-state index contributed by atoms with van der Waals surface area (Å²) < 4.78 is 10.4. The van der Waals surface area contributed by atoms with E-state index in [9.17, 15) is 9.59 Å². The molecular weight excluding hydrogens is 320 g/mol. The Bertz CT molecular complexity index is 731. The summed E-state index contributed by atoms with van der Waals surface area (Å²) in [6.07, 6.45) is 0. The summed E-state index contributed by atoms with van der Waals surface area (Å²) in [5, 5.41) is 2.65. The third-order valence-electron chi connectivity index (χ3n) is 3.72. The van der Waals surface area contributed by atoms with Gasteiger partial charge in [0.2, 0.25) is 0 Å². The first-order valence-corrected chi connectivity index (χ1v) is 7.96. The molecule has 0 aliphatic carbocycles. The third kappa shape index (κ3) is 4.50. The fraction of sp³-hybridized carbons (Fsp3) is 0.263. The molecule has 0 unspecified atom stereocenters. The van der Waals surface area contributed by atoms with Crippen LogP contribution in [0.4, 0.5) is 5.69 Å². The molecule has 0 saturated carbocycles. The molecule has 0 spiro atoms. The Kier molecular flexibility index (Phi) is 6.39. The fourth-order valence-electron chi connectivity index (χ4n) is 2.42. The summed E-state index contributed by atoms with van der Waals surface area (Å²) in [4.78, 5) is 26.0. The van der Waals surface area contributed by atoms with E-state index in [0.717, 1.165) is 5.56 Å². The van der Waals surface area contributed by atoms with Crippen molar-refractivity contribution in [1.29, 1.82) is 0 Å². The molecule has 0 radical (unpaired) electrons. The number of para-hydroxylation sites is 1. The lowest BCUT2D eigenvalue weighted by molar-refractivity contribution is -0.137. The first-order chi connectivity index (χ1) is 12.1. The number of carbonyl (C=O) groups excluding carboxylic acids is 2. The number of ether oxygens (including phenoxy) is 2. The van der Waals surface area contributed by atoms with E-state index in [4.69, 9.17) is 9.47 Å². The van der Waals surface area contributed by atoms with Crippen molar-refractivity contribution in [2.45, 2.75) is 13.5 Å². The molecule has 0 fully saturated rings. The zero-order chi connectivity index (χ0) is 18.2. The van der Waals surface area contributed by atoms with E-state index in [2.05, 4.69) is 5.32 Å². The van der Waals surface area contributed by atoms with Gasteiger partial charge in [-0.2, -0.15) is 0 Å². The summed E-state index contributed by atoms with van der Waals surface area (Å²) in [5.41, 5.74) is 1.50. The highest BCUT2D eigenvalue weighted by atomic mass is 16.5. The van der Waals surface area contributed by atoms with Crippen LogP contribution in [0, 0.1) is 0 Å². The molecule has 2 aromatic carbocycles. The molecule has 2 aromatic rings. The standard InChI is InChI=1S/C19H22N2O4/c1-4-21(15-8-6-5-7-9-15)19(23)18(22)20-13-14-10-11-16(24-2)17(12-14)25-3/h5-12H,4,13H2,1-3H3,(H,20,22). The summed E-state index contributed by atoms with van der Waals surface area (Å²) in [7, 11) is 3.10. The zero-order valence-electron chi connectivity index (χ0n) is 14.6. The Labute approximate surface area is 147 Å². The van der Waals surface area contributed by atoms with Crippen molar-refractivity contribution in [3.05, 3.63) is 54.1 Å². The molecule has 0 aliphatic rings. The average Bonchev–Trinajstić information content (AvgIpc) is 2.67. The van der Waals surface area contributed by atoms with Crippen LogP contribution < -0.4 is 19.7 Å². The van der Waals surface area contributed by atoms with E-state index < -0.39 is 11.8 Å². The van der Waals surface area contributed by atoms with Crippen LogP contribution in [0.1, 0.15) is 12.5 Å². The van der Waals surface area contributed by atoms with E-state index in [1.54, 1.807) is 44.6 Å². The van der Waals surface area contributed by atoms with Crippen LogP contribution in [-0.2, 0) is 16.1 Å². The molecule has 0 bridgehead atoms. The fourth-order valence-corrected chi connectivity index (χ4v) is 2.42. The maximum Gasteiger partial charge on any atom is 0.316 e. The van der Waals surface area contributed by atoms with Crippen LogP contribution in [0.3, 0.4) is 0 Å². The number of nitrogens with one attached hydrogen (secondary N) is 1. The number of anilines is 1. The number of likely N-dealkylation sites (N-methyl/N-ethyl adjacent to an activating group) is 1. The van der Waals surface area contributed by atoms with Gasteiger partial charge in [0.25, 0.3) is 0 Å². The van der Waals surface area contributed by atoms with Gasteiger partial charge in [-0.1, -0.05) is 24.3 Å². The van der Waals surface area contributed by atoms with Gasteiger partial charge in [-0.15, -0.1) is 0 Å². The molecule has 0 heterocycles. The molecule has 2 rings (SSSR count). The van der Waals surface area contributed by atoms with Gasteiger partial charge >= 0.3 is 11.8 Å². The van der Waals surface area contributed by atoms with E-state index in [-0.39, 0.29) is 6.54 Å². The second kappa shape index (κ2) is 8.73. The van der Waals surface area contributed by atoms with E-state index in [1.165, 1.54) is 4.90 Å². The number of amides is 2. The molecular formula is C19H22N2O4. The highest BCUT2D eigenvalue weighted by Crippen LogP contribution is 2.27. The van der Waals surface area contributed by atoms with Crippen LogP contribution in [0.5, 0.6) is 11.5 Å². The van der Waals surface area contributed by atoms with Crippen molar-refractivity contribution in [1.82, 2.24) is 5.32 Å². The lowest BCUT2D eigenvalue weighted by atomic mass is 10.2. The minimum atomic E-state index is -0.652. The Hall–Kier alpha value is -3.02. The third-order valence-corrected chi connectivity index (χ3v) is 3.72. The number of nitrogens with zero attached hydrogens (tertiary/aromatic N) is 1. The SMILES string of the molecule is CCN(C(=O)C(=O)NCc1ccc(OC)c(OC)c1)c1ccccc1. The van der Waals surface area contributed by atoms with Gasteiger partial charge in [-0.3, -0.25) is 9.59 Å². The zero-order valence-corrected chi connectivity index (χ0v) is 14.6. The van der Waals surface area contributed by atoms with Gasteiger partial charge in [0.05, 0.1) is 14.2 Å². The molecule has 6 heteroatoms. The molecule has 2 amide bonds. The van der Waals surface area contributed by atoms with E-state index >= 15 is 0 Å². The lowest BCUT2D eigenvalue weighted by Crippen LogP contribution is -2.42. The van der Waals surface area contributed by atoms with Crippen LogP contribution in [0.2, 0.25) is 0 Å². The van der Waals surface area contributed by atoms with Crippen molar-refractivity contribution in [2.24, 2.45) is 0 Å². The predicted molar refractivity (Wildman–Crippen MR) is 95.9 cm³/mol. The molecule has 0 aromatic heterocycles. The quantitative estimate of drug-likeness (QED) is 0.819. The molecule has 1 N–H and O–H groups in total. The van der Waals surface area contributed by atoms with Crippen LogP contribution in [0.15, 0.2) is 48.5 Å². The Morgan fingerprint density at radius 3 is 2.28 bits per heavy atom. The minimum Gasteiger partial charge on any atom is -0.493 e. The van der Waals surface area contributed by atoms with Gasteiger partial charge in [0.15, 0.2) is 11.5 Å². The molecule has 0 atom stereocenters. The Morgan fingerprint density at radius 1 is 1.00 bits per heavy atom. The first kappa shape index (κ1) is 18.3. The lowest BCUT2D eigenvalue weighted by Gasteiger charge is -2.20. The summed E-state index contributed by atoms with van der Waals surface area (Å²) in [6.45, 7) is 2.45. The van der Waals surface area contributed by atoms with Crippen molar-refractivity contribution >= 4 is 17.5 Å². The number of hydrogen-bond acceptors (Lipinski definition) is 4. The van der Waals surface area contributed by atoms with Gasteiger partial charge in [0.1, 0.15) is 0 Å². The topological polar surface area (TPSA) is 67.9 Å². The second-order valence-electron chi connectivity index (χ2n) is 5.26.